The number of aromatic nitrogens is 1. The number of nitrogens with zero attached hydrogens (tertiary/aromatic N) is 3. The topological polar surface area (TPSA) is 45.6 Å². The van der Waals surface area contributed by atoms with E-state index in [4.69, 9.17) is 15.7 Å². The van der Waals surface area contributed by atoms with Gasteiger partial charge >= 0.3 is 0 Å². The normalized spacial score (nSPS) is 19.6. The monoisotopic (exact) mass is 429 g/mol. The van der Waals surface area contributed by atoms with E-state index in [0.717, 1.165) is 22.1 Å². The molecule has 0 N–H and O–H groups in total. The molecule has 1 aliphatic heterocycles. The highest BCUT2D eigenvalue weighted by Gasteiger charge is 2.38. The van der Waals surface area contributed by atoms with E-state index in [1.165, 1.54) is 0 Å². The highest BCUT2D eigenvalue weighted by atomic mass is 16.2. The summed E-state index contributed by atoms with van der Waals surface area (Å²) in [6.07, 6.45) is 3.19. The number of amides is 1. The summed E-state index contributed by atoms with van der Waals surface area (Å²) in [4.78, 5) is 29.9. The molecule has 0 saturated carbocycles. The van der Waals surface area contributed by atoms with Gasteiger partial charge in [-0.2, -0.15) is 0 Å². The van der Waals surface area contributed by atoms with Crippen molar-refractivity contribution in [1.82, 2.24) is 14.4 Å². The van der Waals surface area contributed by atoms with Gasteiger partial charge in [-0.05, 0) is 49.6 Å². The van der Waals surface area contributed by atoms with Crippen LogP contribution in [0.1, 0.15) is 57.0 Å². The number of hydrogen-bond acceptors (Lipinski definition) is 3. The standard InChI is InChI=1S/C23H27B2N3O2.C2H6/c1-5-19(29)28-21-17(24)9-8-14-15-10-13(23(30)27(6-2)7-3)12-26(4)18(15)11-16(20(14)21)22(28)25;1-2/h8-10,13,18H,5-7,11-12H2,1-4H3;1-2H3. The lowest BCUT2D eigenvalue weighted by Crippen LogP contribution is -2.48. The number of fused-ring (bicyclic) bond motifs is 2. The van der Waals surface area contributed by atoms with Crippen LogP contribution in [0.3, 0.4) is 0 Å². The summed E-state index contributed by atoms with van der Waals surface area (Å²) in [5.74, 6) is -0.0880. The largest absolute Gasteiger partial charge is 0.343 e. The Morgan fingerprint density at radius 2 is 1.78 bits per heavy atom. The van der Waals surface area contributed by atoms with E-state index in [1.54, 1.807) is 4.57 Å². The number of likely N-dealkylation sites (N-methyl/N-ethyl adjacent to an activating group) is 1. The molecule has 166 valence electrons. The quantitative estimate of drug-likeness (QED) is 0.700. The van der Waals surface area contributed by atoms with Gasteiger partial charge in [0, 0.05) is 43.0 Å². The number of benzene rings is 1. The zero-order valence-electron chi connectivity index (χ0n) is 20.2. The van der Waals surface area contributed by atoms with Gasteiger partial charge in [-0.3, -0.25) is 19.1 Å². The molecule has 5 nitrogen and oxygen atoms in total. The van der Waals surface area contributed by atoms with E-state index in [2.05, 4.69) is 18.0 Å². The molecule has 1 aliphatic carbocycles. The molecule has 2 unspecified atom stereocenters. The van der Waals surface area contributed by atoms with Crippen molar-refractivity contribution in [3.8, 4) is 0 Å². The number of carbonyl (C=O) groups excluding carboxylic acids is 2. The molecule has 4 radical (unpaired) electrons. The van der Waals surface area contributed by atoms with Gasteiger partial charge in [0.1, 0.15) is 15.7 Å². The van der Waals surface area contributed by atoms with E-state index in [0.29, 0.717) is 49.0 Å². The third-order valence-corrected chi connectivity index (χ3v) is 6.69. The SMILES string of the molecule is CC.[B]c1ccc2c3c(c([B])n(C(=O)CC)c13)CC1C2=CC(C(=O)N(CC)CC)CN1C. The Balaban J connectivity index is 0.00000141. The minimum absolute atomic E-state index is 0.0607. The van der Waals surface area contributed by atoms with Gasteiger partial charge in [0.05, 0.1) is 5.92 Å². The highest BCUT2D eigenvalue weighted by Crippen LogP contribution is 2.40. The molecular weight excluding hydrogens is 396 g/mol. The molecule has 0 bridgehead atoms. The predicted molar refractivity (Wildman–Crippen MR) is 134 cm³/mol. The van der Waals surface area contributed by atoms with Gasteiger partial charge in [-0.15, -0.1) is 0 Å². The van der Waals surface area contributed by atoms with Crippen LogP contribution in [0.15, 0.2) is 18.2 Å². The van der Waals surface area contributed by atoms with Crippen molar-refractivity contribution in [3.05, 3.63) is 29.3 Å². The molecule has 1 amide bonds. The lowest BCUT2D eigenvalue weighted by Gasteiger charge is -2.40. The number of hydrogen-bond donors (Lipinski definition) is 0. The highest BCUT2D eigenvalue weighted by molar-refractivity contribution is 6.43. The molecule has 0 spiro atoms. The second-order valence-corrected chi connectivity index (χ2v) is 8.27. The molecule has 32 heavy (non-hydrogen) atoms. The van der Waals surface area contributed by atoms with Crippen LogP contribution in [-0.2, 0) is 11.2 Å². The number of rotatable bonds is 4. The van der Waals surface area contributed by atoms with E-state index in [-0.39, 0.29) is 23.8 Å². The van der Waals surface area contributed by atoms with E-state index in [9.17, 15) is 9.59 Å². The van der Waals surface area contributed by atoms with E-state index < -0.39 is 0 Å². The summed E-state index contributed by atoms with van der Waals surface area (Å²) in [7, 11) is 14.8. The van der Waals surface area contributed by atoms with Crippen molar-refractivity contribution >= 4 is 55.0 Å². The fraction of sp³-hybridized carbons (Fsp3) is 0.520. The van der Waals surface area contributed by atoms with E-state index >= 15 is 0 Å². The van der Waals surface area contributed by atoms with Gasteiger partial charge in [0.2, 0.25) is 11.8 Å². The molecule has 7 heteroatoms. The zero-order chi connectivity index (χ0) is 23.7. The molecule has 0 fully saturated rings. The Morgan fingerprint density at radius 1 is 1.12 bits per heavy atom. The fourth-order valence-electron chi connectivity index (χ4n) is 5.10. The van der Waals surface area contributed by atoms with Crippen LogP contribution < -0.4 is 11.1 Å². The molecule has 2 aromatic rings. The predicted octanol–water partition coefficient (Wildman–Crippen LogP) is 2.04. The molecular formula is C25H33B2N3O2. The molecule has 2 aliphatic rings. The van der Waals surface area contributed by atoms with Crippen LogP contribution in [0.4, 0.5) is 0 Å². The average Bonchev–Trinajstić information content (AvgIpc) is 3.11. The minimum Gasteiger partial charge on any atom is -0.343 e. The summed E-state index contributed by atoms with van der Waals surface area (Å²) < 4.78 is 1.58. The van der Waals surface area contributed by atoms with Crippen molar-refractivity contribution in [1.29, 1.82) is 0 Å². The second kappa shape index (κ2) is 9.70. The van der Waals surface area contributed by atoms with Crippen molar-refractivity contribution in [3.63, 3.8) is 0 Å². The third-order valence-electron chi connectivity index (χ3n) is 6.69. The van der Waals surface area contributed by atoms with Crippen molar-refractivity contribution < 1.29 is 9.59 Å². The summed E-state index contributed by atoms with van der Waals surface area (Å²) in [6.45, 7) is 11.9. The molecule has 0 saturated heterocycles. The maximum absolute atomic E-state index is 13.1. The smallest absolute Gasteiger partial charge is 0.230 e. The van der Waals surface area contributed by atoms with Gasteiger partial charge in [0.25, 0.3) is 0 Å². The Labute approximate surface area is 194 Å². The first-order valence-corrected chi connectivity index (χ1v) is 11.8. The van der Waals surface area contributed by atoms with Crippen LogP contribution in [0.2, 0.25) is 0 Å². The maximum atomic E-state index is 13.1. The average molecular weight is 429 g/mol. The summed E-state index contributed by atoms with van der Waals surface area (Å²) in [6, 6.07) is 3.98. The molecule has 4 rings (SSSR count). The Hall–Kier alpha value is -2.27. The molecule has 1 aromatic heterocycles. The first-order valence-electron chi connectivity index (χ1n) is 11.8. The van der Waals surface area contributed by atoms with Crippen molar-refractivity contribution in [2.75, 3.05) is 26.7 Å². The van der Waals surface area contributed by atoms with Crippen LogP contribution >= 0.6 is 0 Å². The van der Waals surface area contributed by atoms with Gasteiger partial charge in [-0.1, -0.05) is 44.4 Å². The van der Waals surface area contributed by atoms with Crippen LogP contribution in [0, 0.1) is 5.92 Å². The van der Waals surface area contributed by atoms with Crippen LogP contribution in [0.5, 0.6) is 0 Å². The first kappa shape index (κ1) is 24.4. The van der Waals surface area contributed by atoms with Gasteiger partial charge in [-0.25, -0.2) is 0 Å². The lowest BCUT2D eigenvalue weighted by atomic mass is 9.76. The van der Waals surface area contributed by atoms with Gasteiger partial charge < -0.3 is 4.90 Å². The zero-order valence-corrected chi connectivity index (χ0v) is 20.2. The summed E-state index contributed by atoms with van der Waals surface area (Å²) in [5.41, 5.74) is 4.89. The Kier molecular flexibility index (Phi) is 7.39. The van der Waals surface area contributed by atoms with Crippen molar-refractivity contribution in [2.24, 2.45) is 5.92 Å². The third kappa shape index (κ3) is 3.75. The summed E-state index contributed by atoms with van der Waals surface area (Å²) in [5, 5.41) is 0.959. The van der Waals surface area contributed by atoms with Gasteiger partial charge in [0.15, 0.2) is 0 Å². The molecule has 1 aromatic carbocycles. The second-order valence-electron chi connectivity index (χ2n) is 8.27. The Morgan fingerprint density at radius 3 is 2.38 bits per heavy atom. The van der Waals surface area contributed by atoms with Crippen LogP contribution in [0.25, 0.3) is 16.5 Å². The van der Waals surface area contributed by atoms with Crippen LogP contribution in [-0.4, -0.2) is 74.6 Å². The van der Waals surface area contributed by atoms with Crippen molar-refractivity contribution in [2.45, 2.75) is 53.5 Å². The Bertz CT molecular complexity index is 1070. The number of carbonyl (C=O) groups is 2. The molecule has 2 heterocycles. The van der Waals surface area contributed by atoms with E-state index in [1.807, 2.05) is 51.7 Å². The maximum Gasteiger partial charge on any atom is 0.230 e. The lowest BCUT2D eigenvalue weighted by molar-refractivity contribution is -0.134. The fourth-order valence-corrected chi connectivity index (χ4v) is 5.10. The minimum atomic E-state index is -0.188. The molecule has 2 atom stereocenters. The first-order chi connectivity index (χ1) is 15.3. The summed E-state index contributed by atoms with van der Waals surface area (Å²) >= 11 is 0.